The van der Waals surface area contributed by atoms with Crippen molar-refractivity contribution in [1.82, 2.24) is 0 Å². The lowest BCUT2D eigenvalue weighted by Gasteiger charge is -2.08. The molecule has 3 nitrogen and oxygen atoms in total. The Morgan fingerprint density at radius 1 is 1.06 bits per heavy atom. The SMILES string of the molecule is CS(=O)(=O)c1ccc(Oc2ccccc2)c(Br)c1. The molecule has 0 aliphatic heterocycles. The van der Waals surface area contributed by atoms with Crippen molar-refractivity contribution in [1.29, 1.82) is 0 Å². The van der Waals surface area contributed by atoms with Crippen LogP contribution in [-0.4, -0.2) is 14.7 Å². The molecule has 0 radical (unpaired) electrons. The average molecular weight is 327 g/mol. The minimum absolute atomic E-state index is 0.259. The van der Waals surface area contributed by atoms with E-state index in [0.29, 0.717) is 16.0 Å². The van der Waals surface area contributed by atoms with E-state index in [9.17, 15) is 8.42 Å². The number of ether oxygens (including phenoxy) is 1. The molecule has 0 saturated heterocycles. The van der Waals surface area contributed by atoms with E-state index in [1.54, 1.807) is 6.07 Å². The van der Waals surface area contributed by atoms with Gasteiger partial charge in [-0.3, -0.25) is 0 Å². The molecular weight excluding hydrogens is 316 g/mol. The lowest BCUT2D eigenvalue weighted by Crippen LogP contribution is -1.97. The average Bonchev–Trinajstić information content (AvgIpc) is 2.32. The van der Waals surface area contributed by atoms with Crippen molar-refractivity contribution < 1.29 is 13.2 Å². The molecule has 0 amide bonds. The van der Waals surface area contributed by atoms with Crippen molar-refractivity contribution in [3.05, 3.63) is 53.0 Å². The third kappa shape index (κ3) is 3.11. The van der Waals surface area contributed by atoms with Gasteiger partial charge in [0.1, 0.15) is 11.5 Å². The molecule has 0 N–H and O–H groups in total. The summed E-state index contributed by atoms with van der Waals surface area (Å²) in [6.07, 6.45) is 1.17. The van der Waals surface area contributed by atoms with Crippen molar-refractivity contribution in [2.75, 3.05) is 6.26 Å². The van der Waals surface area contributed by atoms with Crippen LogP contribution in [0, 0.1) is 0 Å². The van der Waals surface area contributed by atoms with Gasteiger partial charge < -0.3 is 4.74 Å². The summed E-state index contributed by atoms with van der Waals surface area (Å²) in [7, 11) is -3.20. The molecule has 0 fully saturated rings. The van der Waals surface area contributed by atoms with Gasteiger partial charge in [0.25, 0.3) is 0 Å². The van der Waals surface area contributed by atoms with Crippen molar-refractivity contribution in [2.45, 2.75) is 4.90 Å². The fourth-order valence-electron chi connectivity index (χ4n) is 1.41. The smallest absolute Gasteiger partial charge is 0.175 e. The molecule has 0 aliphatic carbocycles. The van der Waals surface area contributed by atoms with Gasteiger partial charge in [0, 0.05) is 6.26 Å². The van der Waals surface area contributed by atoms with E-state index in [0.717, 1.165) is 0 Å². The molecule has 0 atom stereocenters. The number of hydrogen-bond acceptors (Lipinski definition) is 3. The van der Waals surface area contributed by atoms with E-state index >= 15 is 0 Å². The lowest BCUT2D eigenvalue weighted by molar-refractivity contribution is 0.479. The van der Waals surface area contributed by atoms with Crippen LogP contribution in [0.15, 0.2) is 57.9 Å². The summed E-state index contributed by atoms with van der Waals surface area (Å²) < 4.78 is 29.0. The van der Waals surface area contributed by atoms with E-state index in [1.807, 2.05) is 30.3 Å². The second kappa shape index (κ2) is 5.12. The van der Waals surface area contributed by atoms with E-state index in [-0.39, 0.29) is 4.90 Å². The predicted octanol–water partition coefficient (Wildman–Crippen LogP) is 3.64. The summed E-state index contributed by atoms with van der Waals surface area (Å²) in [6.45, 7) is 0. The first-order valence-electron chi connectivity index (χ1n) is 5.19. The van der Waals surface area contributed by atoms with Crippen LogP contribution in [0.3, 0.4) is 0 Å². The maximum Gasteiger partial charge on any atom is 0.175 e. The normalized spacial score (nSPS) is 11.2. The van der Waals surface area contributed by atoms with Gasteiger partial charge in [0.15, 0.2) is 9.84 Å². The standard InChI is InChI=1S/C13H11BrO3S/c1-18(15,16)11-7-8-13(12(14)9-11)17-10-5-3-2-4-6-10/h2-9H,1H3. The Bertz CT molecular complexity index is 651. The highest BCUT2D eigenvalue weighted by molar-refractivity contribution is 9.10. The maximum absolute atomic E-state index is 11.4. The summed E-state index contributed by atoms with van der Waals surface area (Å²) in [6, 6.07) is 14.0. The molecule has 2 rings (SSSR count). The van der Waals surface area contributed by atoms with Crippen molar-refractivity contribution in [3.63, 3.8) is 0 Å². The third-order valence-corrected chi connectivity index (χ3v) is 4.03. The van der Waals surface area contributed by atoms with Gasteiger partial charge in [0.05, 0.1) is 9.37 Å². The Hall–Kier alpha value is -1.33. The highest BCUT2D eigenvalue weighted by Crippen LogP contribution is 2.31. The van der Waals surface area contributed by atoms with E-state index in [2.05, 4.69) is 15.9 Å². The highest BCUT2D eigenvalue weighted by Gasteiger charge is 2.10. The molecule has 0 heterocycles. The molecule has 0 bridgehead atoms. The summed E-state index contributed by atoms with van der Waals surface area (Å²) in [4.78, 5) is 0.259. The number of rotatable bonds is 3. The van der Waals surface area contributed by atoms with Crippen LogP contribution >= 0.6 is 15.9 Å². The fraction of sp³-hybridized carbons (Fsp3) is 0.0769. The molecule has 5 heteroatoms. The predicted molar refractivity (Wildman–Crippen MR) is 73.8 cm³/mol. The molecule has 18 heavy (non-hydrogen) atoms. The molecule has 0 unspecified atom stereocenters. The zero-order chi connectivity index (χ0) is 13.2. The Morgan fingerprint density at radius 3 is 2.28 bits per heavy atom. The molecule has 0 aliphatic rings. The monoisotopic (exact) mass is 326 g/mol. The van der Waals surface area contributed by atoms with Crippen molar-refractivity contribution in [2.24, 2.45) is 0 Å². The largest absolute Gasteiger partial charge is 0.456 e. The minimum atomic E-state index is -3.20. The van der Waals surface area contributed by atoms with E-state index in [1.165, 1.54) is 18.4 Å². The molecule has 0 spiro atoms. The first kappa shape index (κ1) is 13.1. The Labute approximate surface area is 114 Å². The minimum Gasteiger partial charge on any atom is -0.456 e. The number of hydrogen-bond donors (Lipinski definition) is 0. The van der Waals surface area contributed by atoms with Gasteiger partial charge in [-0.25, -0.2) is 8.42 Å². The second-order valence-corrected chi connectivity index (χ2v) is 6.65. The summed E-state index contributed by atoms with van der Waals surface area (Å²) in [5, 5.41) is 0. The van der Waals surface area contributed by atoms with Gasteiger partial charge >= 0.3 is 0 Å². The quantitative estimate of drug-likeness (QED) is 0.864. The molecule has 2 aromatic carbocycles. The molecule has 0 aromatic heterocycles. The van der Waals surface area contributed by atoms with Gasteiger partial charge in [-0.2, -0.15) is 0 Å². The summed E-state index contributed by atoms with van der Waals surface area (Å²) >= 11 is 3.31. The zero-order valence-electron chi connectivity index (χ0n) is 9.63. The van der Waals surface area contributed by atoms with Crippen molar-refractivity contribution >= 4 is 25.8 Å². The Kier molecular flexibility index (Phi) is 3.73. The Balaban J connectivity index is 2.32. The molecular formula is C13H11BrO3S. The molecule has 94 valence electrons. The fourth-order valence-corrected chi connectivity index (χ4v) is 2.67. The summed E-state index contributed by atoms with van der Waals surface area (Å²) in [5.41, 5.74) is 0. The van der Waals surface area contributed by atoms with Crippen molar-refractivity contribution in [3.8, 4) is 11.5 Å². The topological polar surface area (TPSA) is 43.4 Å². The van der Waals surface area contributed by atoms with E-state index in [4.69, 9.17) is 4.74 Å². The summed E-state index contributed by atoms with van der Waals surface area (Å²) in [5.74, 6) is 1.28. The Morgan fingerprint density at radius 2 is 1.72 bits per heavy atom. The van der Waals surface area contributed by atoms with Crippen LogP contribution in [0.5, 0.6) is 11.5 Å². The molecule has 2 aromatic rings. The van der Waals surface area contributed by atoms with Crippen LogP contribution in [0.1, 0.15) is 0 Å². The first-order valence-corrected chi connectivity index (χ1v) is 7.88. The van der Waals surface area contributed by atoms with Gasteiger partial charge in [-0.05, 0) is 46.3 Å². The number of sulfone groups is 1. The molecule has 0 saturated carbocycles. The first-order chi connectivity index (χ1) is 8.47. The highest BCUT2D eigenvalue weighted by atomic mass is 79.9. The third-order valence-electron chi connectivity index (χ3n) is 2.30. The lowest BCUT2D eigenvalue weighted by atomic mass is 10.3. The van der Waals surface area contributed by atoms with Crippen LogP contribution in [-0.2, 0) is 9.84 Å². The maximum atomic E-state index is 11.4. The van der Waals surface area contributed by atoms with Gasteiger partial charge in [0.2, 0.25) is 0 Å². The van der Waals surface area contributed by atoms with Gasteiger partial charge in [-0.1, -0.05) is 18.2 Å². The number of para-hydroxylation sites is 1. The van der Waals surface area contributed by atoms with Gasteiger partial charge in [-0.15, -0.1) is 0 Å². The van der Waals surface area contributed by atoms with Crippen LogP contribution in [0.4, 0.5) is 0 Å². The number of benzene rings is 2. The van der Waals surface area contributed by atoms with Crippen LogP contribution in [0.25, 0.3) is 0 Å². The van der Waals surface area contributed by atoms with Crippen LogP contribution in [0.2, 0.25) is 0 Å². The van der Waals surface area contributed by atoms with E-state index < -0.39 is 9.84 Å². The number of halogens is 1. The second-order valence-electron chi connectivity index (χ2n) is 3.78. The van der Waals surface area contributed by atoms with Crippen LogP contribution < -0.4 is 4.74 Å². The zero-order valence-corrected chi connectivity index (χ0v) is 12.0.